The zero-order valence-electron chi connectivity index (χ0n) is 7.25. The highest BCUT2D eigenvalue weighted by Gasteiger charge is 2.50. The van der Waals surface area contributed by atoms with Gasteiger partial charge in [-0.05, 0) is 55.2 Å². The molecule has 2 atom stereocenters. The summed E-state index contributed by atoms with van der Waals surface area (Å²) in [5.41, 5.74) is 1.08. The highest BCUT2D eigenvalue weighted by atomic mass is 15.3. The molecule has 2 nitrogen and oxygen atoms in total. The van der Waals surface area contributed by atoms with Crippen LogP contribution < -0.4 is 0 Å². The van der Waals surface area contributed by atoms with Crippen LogP contribution in [0.15, 0.2) is 22.4 Å². The van der Waals surface area contributed by atoms with E-state index >= 15 is 0 Å². The predicted molar refractivity (Wildman–Crippen MR) is 47.1 cm³/mol. The molecule has 0 spiro atoms. The quantitative estimate of drug-likeness (QED) is 0.616. The Labute approximate surface area is 77.7 Å². The molecule has 0 aromatic heterocycles. The van der Waals surface area contributed by atoms with Gasteiger partial charge in [0, 0.05) is 0 Å². The number of fused-ring (bicyclic) bond motifs is 1. The molecule has 0 N–H and O–H groups in total. The van der Waals surface area contributed by atoms with Crippen molar-refractivity contribution in [3.8, 4) is 0 Å². The van der Waals surface area contributed by atoms with Gasteiger partial charge in [0.25, 0.3) is 0 Å². The molecule has 2 aliphatic rings. The normalized spacial score (nSPS) is 35.5. The Bertz CT molecular complexity index is 344. The SMILES string of the molecule is [c]1[c]c(C23CCCC2N=N3)c[c]c1. The van der Waals surface area contributed by atoms with Gasteiger partial charge >= 0.3 is 0 Å². The first-order valence-electron chi connectivity index (χ1n) is 4.64. The van der Waals surface area contributed by atoms with Crippen LogP contribution in [0.4, 0.5) is 0 Å². The summed E-state index contributed by atoms with van der Waals surface area (Å²) < 4.78 is 0. The van der Waals surface area contributed by atoms with Gasteiger partial charge in [-0.15, -0.1) is 0 Å². The van der Waals surface area contributed by atoms with Crippen molar-refractivity contribution in [2.45, 2.75) is 30.8 Å². The topological polar surface area (TPSA) is 24.7 Å². The van der Waals surface area contributed by atoms with Gasteiger partial charge in [0.05, 0.1) is 0 Å². The molecule has 0 amide bonds. The Balaban J connectivity index is 2.06. The molecule has 3 rings (SSSR count). The lowest BCUT2D eigenvalue weighted by atomic mass is 9.84. The van der Waals surface area contributed by atoms with E-state index in [4.69, 9.17) is 0 Å². The van der Waals surface area contributed by atoms with E-state index in [9.17, 15) is 0 Å². The van der Waals surface area contributed by atoms with Crippen LogP contribution in [0.5, 0.6) is 0 Å². The molecule has 1 aliphatic heterocycles. The molecule has 1 aliphatic carbocycles. The second-order valence-corrected chi connectivity index (χ2v) is 3.69. The summed E-state index contributed by atoms with van der Waals surface area (Å²) >= 11 is 0. The zero-order chi connectivity index (χ0) is 8.73. The number of benzene rings is 1. The summed E-state index contributed by atoms with van der Waals surface area (Å²) in [5.74, 6) is 0. The predicted octanol–water partition coefficient (Wildman–Crippen LogP) is 2.30. The smallest absolute Gasteiger partial charge is 0.131 e. The maximum absolute atomic E-state index is 4.29. The highest BCUT2D eigenvalue weighted by molar-refractivity contribution is 5.29. The van der Waals surface area contributed by atoms with Crippen LogP contribution in [0.1, 0.15) is 24.8 Å². The summed E-state index contributed by atoms with van der Waals surface area (Å²) in [6.07, 6.45) is 3.51. The largest absolute Gasteiger partial charge is 0.187 e. The Morgan fingerprint density at radius 1 is 1.54 bits per heavy atom. The molecule has 0 saturated heterocycles. The van der Waals surface area contributed by atoms with Crippen molar-refractivity contribution >= 4 is 0 Å². The number of nitrogens with zero attached hydrogens (tertiary/aromatic N) is 2. The summed E-state index contributed by atoms with van der Waals surface area (Å²) in [5, 5.41) is 8.44. The van der Waals surface area contributed by atoms with Crippen LogP contribution in [-0.2, 0) is 5.54 Å². The van der Waals surface area contributed by atoms with Crippen molar-refractivity contribution in [2.75, 3.05) is 0 Å². The Hall–Kier alpha value is -1.18. The third-order valence-electron chi connectivity index (χ3n) is 3.02. The minimum Gasteiger partial charge on any atom is -0.187 e. The molecule has 1 fully saturated rings. The average molecular weight is 169 g/mol. The third-order valence-corrected chi connectivity index (χ3v) is 3.02. The van der Waals surface area contributed by atoms with Crippen LogP contribution in [0.2, 0.25) is 0 Å². The Kier molecular flexibility index (Phi) is 1.34. The van der Waals surface area contributed by atoms with E-state index in [1.54, 1.807) is 6.07 Å². The minimum absolute atomic E-state index is 0.0335. The fraction of sp³-hybridized carbons (Fsp3) is 0.455. The monoisotopic (exact) mass is 169 g/mol. The minimum atomic E-state index is -0.0335. The van der Waals surface area contributed by atoms with E-state index in [0.717, 1.165) is 12.0 Å². The van der Waals surface area contributed by atoms with E-state index in [2.05, 4.69) is 28.4 Å². The number of rotatable bonds is 1. The van der Waals surface area contributed by atoms with Crippen LogP contribution in [0.25, 0.3) is 0 Å². The van der Waals surface area contributed by atoms with Gasteiger partial charge in [-0.3, -0.25) is 0 Å². The lowest BCUT2D eigenvalue weighted by Gasteiger charge is -2.34. The van der Waals surface area contributed by atoms with Gasteiger partial charge in [0.1, 0.15) is 11.6 Å². The second-order valence-electron chi connectivity index (χ2n) is 3.69. The maximum atomic E-state index is 4.29. The zero-order valence-corrected chi connectivity index (χ0v) is 7.25. The maximum Gasteiger partial charge on any atom is 0.131 e. The highest BCUT2D eigenvalue weighted by Crippen LogP contribution is 2.49. The van der Waals surface area contributed by atoms with Crippen LogP contribution in [0, 0.1) is 18.2 Å². The van der Waals surface area contributed by atoms with Crippen molar-refractivity contribution in [3.63, 3.8) is 0 Å². The average Bonchev–Trinajstić information content (AvgIpc) is 2.45. The van der Waals surface area contributed by atoms with Gasteiger partial charge in [-0.1, -0.05) is 0 Å². The van der Waals surface area contributed by atoms with Crippen LogP contribution >= 0.6 is 0 Å². The molecule has 1 saturated carbocycles. The summed E-state index contributed by atoms with van der Waals surface area (Å²) in [7, 11) is 0. The molecule has 2 heteroatoms. The van der Waals surface area contributed by atoms with Crippen molar-refractivity contribution in [3.05, 3.63) is 35.9 Å². The van der Waals surface area contributed by atoms with Gasteiger partial charge < -0.3 is 0 Å². The molecule has 13 heavy (non-hydrogen) atoms. The molecule has 1 aromatic rings. The summed E-state index contributed by atoms with van der Waals surface area (Å²) in [6.45, 7) is 0. The van der Waals surface area contributed by atoms with E-state index in [0.29, 0.717) is 6.04 Å². The number of hydrogen-bond acceptors (Lipinski definition) is 2. The molecule has 0 bridgehead atoms. The van der Waals surface area contributed by atoms with Gasteiger partial charge in [0.15, 0.2) is 0 Å². The second kappa shape index (κ2) is 2.41. The Morgan fingerprint density at radius 2 is 2.54 bits per heavy atom. The van der Waals surface area contributed by atoms with Crippen molar-refractivity contribution in [1.29, 1.82) is 0 Å². The van der Waals surface area contributed by atoms with Gasteiger partial charge in [0.2, 0.25) is 0 Å². The van der Waals surface area contributed by atoms with E-state index in [-0.39, 0.29) is 5.54 Å². The summed E-state index contributed by atoms with van der Waals surface area (Å²) in [6, 6.07) is 13.2. The molecule has 2 unspecified atom stereocenters. The van der Waals surface area contributed by atoms with E-state index in [1.165, 1.54) is 12.8 Å². The first kappa shape index (κ1) is 7.25. The number of azo groups is 1. The molecular weight excluding hydrogens is 160 g/mol. The van der Waals surface area contributed by atoms with E-state index in [1.807, 2.05) is 6.07 Å². The number of hydrogen-bond donors (Lipinski definition) is 0. The molecule has 3 radical (unpaired) electrons. The lowest BCUT2D eigenvalue weighted by Crippen LogP contribution is -2.37. The third kappa shape index (κ3) is 0.831. The van der Waals surface area contributed by atoms with Crippen molar-refractivity contribution < 1.29 is 0 Å². The molecule has 63 valence electrons. The summed E-state index contributed by atoms with van der Waals surface area (Å²) in [4.78, 5) is 0. The first-order valence-corrected chi connectivity index (χ1v) is 4.64. The van der Waals surface area contributed by atoms with Gasteiger partial charge in [-0.2, -0.15) is 10.2 Å². The first-order chi connectivity index (χ1) is 6.42. The molecule has 1 heterocycles. The molecule has 1 aromatic carbocycles. The van der Waals surface area contributed by atoms with Crippen LogP contribution in [-0.4, -0.2) is 6.04 Å². The van der Waals surface area contributed by atoms with Crippen molar-refractivity contribution in [1.82, 2.24) is 0 Å². The van der Waals surface area contributed by atoms with Crippen LogP contribution in [0.3, 0.4) is 0 Å². The standard InChI is InChI=1S/C11H9N2/c1-2-5-9(6-3-1)11-8-4-7-10(11)12-13-11/h1,5,10H,4,7-8H2. The Morgan fingerprint density at radius 3 is 3.15 bits per heavy atom. The fourth-order valence-corrected chi connectivity index (χ4v) is 2.27. The van der Waals surface area contributed by atoms with Crippen molar-refractivity contribution in [2.24, 2.45) is 10.2 Å². The van der Waals surface area contributed by atoms with E-state index < -0.39 is 0 Å². The van der Waals surface area contributed by atoms with Gasteiger partial charge in [-0.25, -0.2) is 0 Å². The fourth-order valence-electron chi connectivity index (χ4n) is 2.27. The lowest BCUT2D eigenvalue weighted by molar-refractivity contribution is 0.290. The molecular formula is C11H9N2.